The van der Waals surface area contributed by atoms with Gasteiger partial charge in [0.05, 0.1) is 37.4 Å². The smallest absolute Gasteiger partial charge is 0.339 e. The van der Waals surface area contributed by atoms with Crippen LogP contribution in [0.2, 0.25) is 0 Å². The number of Topliss-reactive ketones (excluding diaryl/α,β-unsaturated/α-hetero) is 1. The Morgan fingerprint density at radius 2 is 1.79 bits per heavy atom. The van der Waals surface area contributed by atoms with Crippen LogP contribution in [0.15, 0.2) is 70.2 Å². The van der Waals surface area contributed by atoms with Gasteiger partial charge in [0, 0.05) is 11.0 Å². The summed E-state index contributed by atoms with van der Waals surface area (Å²) >= 11 is 1.46. The molecule has 0 saturated heterocycles. The number of carbonyl (C=O) groups is 2. The molecule has 0 N–H and O–H groups in total. The predicted molar refractivity (Wildman–Crippen MR) is 109 cm³/mol. The maximum Gasteiger partial charge on any atom is 0.339 e. The number of benzene rings is 2. The van der Waals surface area contributed by atoms with E-state index < -0.39 is 12.6 Å². The molecule has 6 nitrogen and oxygen atoms in total. The molecule has 1 heterocycles. The third kappa shape index (κ3) is 5.20. The molecular weight excluding hydrogens is 392 g/mol. The van der Waals surface area contributed by atoms with Crippen LogP contribution in [-0.2, 0) is 10.5 Å². The fourth-order valence-electron chi connectivity index (χ4n) is 2.62. The summed E-state index contributed by atoms with van der Waals surface area (Å²) in [5, 5.41) is 0. The van der Waals surface area contributed by atoms with Crippen LogP contribution in [-0.4, -0.2) is 32.6 Å². The van der Waals surface area contributed by atoms with E-state index in [1.807, 2.05) is 24.3 Å². The lowest BCUT2D eigenvalue weighted by atomic mass is 10.1. The first kappa shape index (κ1) is 20.5. The fourth-order valence-corrected chi connectivity index (χ4v) is 3.56. The molecule has 0 saturated carbocycles. The van der Waals surface area contributed by atoms with Crippen LogP contribution in [0.3, 0.4) is 0 Å². The van der Waals surface area contributed by atoms with Crippen molar-refractivity contribution >= 4 is 23.5 Å². The standard InChI is InChI=1S/C22H20O6S/c1-25-15-9-10-17(20(12-15)26-2)19(23)13-28-22(24)18-7-3-4-8-21(18)29-14-16-6-5-11-27-16/h3-12H,13-14H2,1-2H3. The number of hydrogen-bond donors (Lipinski definition) is 0. The van der Waals surface area contributed by atoms with Gasteiger partial charge < -0.3 is 18.6 Å². The van der Waals surface area contributed by atoms with Gasteiger partial charge >= 0.3 is 5.97 Å². The molecule has 0 spiro atoms. The Hall–Kier alpha value is -3.19. The van der Waals surface area contributed by atoms with Crippen molar-refractivity contribution in [3.63, 3.8) is 0 Å². The molecule has 0 aliphatic carbocycles. The summed E-state index contributed by atoms with van der Waals surface area (Å²) in [4.78, 5) is 25.8. The number of ketones is 1. The maximum absolute atomic E-state index is 12.6. The minimum atomic E-state index is -0.562. The zero-order valence-corrected chi connectivity index (χ0v) is 16.9. The second kappa shape index (κ2) is 9.84. The van der Waals surface area contributed by atoms with Crippen LogP contribution in [0.4, 0.5) is 0 Å². The Bertz CT molecular complexity index is 981. The average Bonchev–Trinajstić information content (AvgIpc) is 3.29. The van der Waals surface area contributed by atoms with Gasteiger partial charge in [-0.25, -0.2) is 4.79 Å². The number of methoxy groups -OCH3 is 2. The Morgan fingerprint density at radius 1 is 0.966 bits per heavy atom. The topological polar surface area (TPSA) is 75.0 Å². The summed E-state index contributed by atoms with van der Waals surface area (Å²) in [7, 11) is 2.99. The van der Waals surface area contributed by atoms with Crippen molar-refractivity contribution in [2.24, 2.45) is 0 Å². The van der Waals surface area contributed by atoms with Gasteiger partial charge in [0.15, 0.2) is 6.61 Å². The number of esters is 1. The zero-order valence-electron chi connectivity index (χ0n) is 16.0. The number of thioether (sulfide) groups is 1. The molecular formula is C22H20O6S. The quantitative estimate of drug-likeness (QED) is 0.288. The molecule has 0 aliphatic rings. The highest BCUT2D eigenvalue weighted by Crippen LogP contribution is 2.28. The van der Waals surface area contributed by atoms with E-state index in [0.717, 1.165) is 10.7 Å². The molecule has 7 heteroatoms. The number of rotatable bonds is 9. The SMILES string of the molecule is COc1ccc(C(=O)COC(=O)c2ccccc2SCc2ccco2)c(OC)c1. The van der Waals surface area contributed by atoms with Gasteiger partial charge in [-0.05, 0) is 36.4 Å². The predicted octanol–water partition coefficient (Wildman–Crippen LogP) is 4.63. The molecule has 0 amide bonds. The maximum atomic E-state index is 12.6. The van der Waals surface area contributed by atoms with E-state index in [0.29, 0.717) is 28.4 Å². The van der Waals surface area contributed by atoms with Crippen molar-refractivity contribution in [1.29, 1.82) is 0 Å². The van der Waals surface area contributed by atoms with Crippen LogP contribution in [0, 0.1) is 0 Å². The Morgan fingerprint density at radius 3 is 2.52 bits per heavy atom. The average molecular weight is 412 g/mol. The summed E-state index contributed by atoms with van der Waals surface area (Å²) in [6.07, 6.45) is 1.61. The fraction of sp³-hybridized carbons (Fsp3) is 0.182. The number of carbonyl (C=O) groups excluding carboxylic acids is 2. The number of furan rings is 1. The third-order valence-electron chi connectivity index (χ3n) is 4.10. The van der Waals surface area contributed by atoms with Crippen LogP contribution in [0.5, 0.6) is 11.5 Å². The third-order valence-corrected chi connectivity index (χ3v) is 5.20. The number of ether oxygens (including phenoxy) is 3. The minimum absolute atomic E-state index is 0.321. The molecule has 0 bridgehead atoms. The van der Waals surface area contributed by atoms with Crippen molar-refractivity contribution in [3.8, 4) is 11.5 Å². The zero-order chi connectivity index (χ0) is 20.6. The normalized spacial score (nSPS) is 10.4. The first-order valence-electron chi connectivity index (χ1n) is 8.79. The highest BCUT2D eigenvalue weighted by molar-refractivity contribution is 7.98. The van der Waals surface area contributed by atoms with Gasteiger partial charge in [-0.15, -0.1) is 11.8 Å². The summed E-state index contributed by atoms with van der Waals surface area (Å²) in [6, 6.07) is 15.6. The van der Waals surface area contributed by atoms with E-state index in [1.54, 1.807) is 36.6 Å². The van der Waals surface area contributed by atoms with Gasteiger partial charge in [0.2, 0.25) is 5.78 Å². The van der Waals surface area contributed by atoms with Gasteiger partial charge in [-0.1, -0.05) is 12.1 Å². The van der Waals surface area contributed by atoms with Gasteiger partial charge in [0.1, 0.15) is 17.3 Å². The van der Waals surface area contributed by atoms with Gasteiger partial charge in [-0.2, -0.15) is 0 Å². The van der Waals surface area contributed by atoms with Crippen molar-refractivity contribution in [2.75, 3.05) is 20.8 Å². The molecule has 0 radical (unpaired) electrons. The van der Waals surface area contributed by atoms with Crippen molar-refractivity contribution in [1.82, 2.24) is 0 Å². The molecule has 2 aromatic carbocycles. The largest absolute Gasteiger partial charge is 0.497 e. The van der Waals surface area contributed by atoms with E-state index in [4.69, 9.17) is 18.6 Å². The highest BCUT2D eigenvalue weighted by atomic mass is 32.2. The van der Waals surface area contributed by atoms with E-state index in [1.165, 1.54) is 26.0 Å². The minimum Gasteiger partial charge on any atom is -0.497 e. The second-order valence-electron chi connectivity index (χ2n) is 5.93. The first-order chi connectivity index (χ1) is 14.1. The molecule has 3 rings (SSSR count). The molecule has 3 aromatic rings. The summed E-state index contributed by atoms with van der Waals surface area (Å²) in [5.41, 5.74) is 0.722. The summed E-state index contributed by atoms with van der Waals surface area (Å²) in [6.45, 7) is -0.390. The molecule has 0 aliphatic heterocycles. The molecule has 29 heavy (non-hydrogen) atoms. The number of hydrogen-bond acceptors (Lipinski definition) is 7. The second-order valence-corrected chi connectivity index (χ2v) is 6.95. The van der Waals surface area contributed by atoms with Gasteiger partial charge in [-0.3, -0.25) is 4.79 Å². The molecule has 150 valence electrons. The van der Waals surface area contributed by atoms with Crippen molar-refractivity contribution in [3.05, 3.63) is 77.7 Å². The Labute approximate surface area is 172 Å². The Kier molecular flexibility index (Phi) is 6.97. The van der Waals surface area contributed by atoms with Gasteiger partial charge in [0.25, 0.3) is 0 Å². The molecule has 0 atom stereocenters. The van der Waals surface area contributed by atoms with Crippen molar-refractivity contribution in [2.45, 2.75) is 10.6 Å². The van der Waals surface area contributed by atoms with Crippen LogP contribution in [0.1, 0.15) is 26.5 Å². The lowest BCUT2D eigenvalue weighted by molar-refractivity contribution is 0.0470. The highest BCUT2D eigenvalue weighted by Gasteiger charge is 2.18. The lowest BCUT2D eigenvalue weighted by Gasteiger charge is -2.11. The van der Waals surface area contributed by atoms with E-state index in [2.05, 4.69) is 0 Å². The van der Waals surface area contributed by atoms with E-state index in [-0.39, 0.29) is 5.78 Å². The lowest BCUT2D eigenvalue weighted by Crippen LogP contribution is -2.15. The van der Waals surface area contributed by atoms with Crippen LogP contribution in [0.25, 0.3) is 0 Å². The van der Waals surface area contributed by atoms with Crippen LogP contribution < -0.4 is 9.47 Å². The van der Waals surface area contributed by atoms with Crippen LogP contribution >= 0.6 is 11.8 Å². The Balaban J connectivity index is 1.66. The van der Waals surface area contributed by atoms with E-state index in [9.17, 15) is 9.59 Å². The summed E-state index contributed by atoms with van der Waals surface area (Å²) in [5.74, 6) is 1.39. The summed E-state index contributed by atoms with van der Waals surface area (Å²) < 4.78 is 20.9. The monoisotopic (exact) mass is 412 g/mol. The van der Waals surface area contributed by atoms with E-state index >= 15 is 0 Å². The molecule has 0 unspecified atom stereocenters. The molecule has 0 fully saturated rings. The van der Waals surface area contributed by atoms with Crippen molar-refractivity contribution < 1.29 is 28.2 Å². The first-order valence-corrected chi connectivity index (χ1v) is 9.77. The molecule has 1 aromatic heterocycles.